The number of carbonyl (C=O) groups is 2. The molecule has 31 heavy (non-hydrogen) atoms. The summed E-state index contributed by atoms with van der Waals surface area (Å²) < 4.78 is 11.2. The number of Topliss-reactive ketones (excluding diaryl/α,β-unsaturated/α-hetero) is 1. The van der Waals surface area contributed by atoms with Crippen LogP contribution < -0.4 is 0 Å². The Balaban J connectivity index is 2.67. The summed E-state index contributed by atoms with van der Waals surface area (Å²) in [6.45, 7) is 12.7. The van der Waals surface area contributed by atoms with E-state index in [0.717, 1.165) is 16.7 Å². The molecular formula is C24H29ClNO4Si. The van der Waals surface area contributed by atoms with Crippen molar-refractivity contribution in [2.24, 2.45) is 0 Å². The lowest BCUT2D eigenvalue weighted by atomic mass is 9.82. The van der Waals surface area contributed by atoms with Crippen LogP contribution in [0.15, 0.2) is 42.1 Å². The van der Waals surface area contributed by atoms with E-state index in [1.165, 1.54) is 6.20 Å². The smallest absolute Gasteiger partial charge is 0.342 e. The Morgan fingerprint density at radius 2 is 1.87 bits per heavy atom. The van der Waals surface area contributed by atoms with Gasteiger partial charge in [-0.05, 0) is 60.3 Å². The SMILES string of the molecule is CCOC(=O)C(=Cc1cccc(C(C)(C)C)c1CO[Si](C)C)C(=O)c1cccnc1Cl. The Bertz CT molecular complexity index is 980. The predicted octanol–water partition coefficient (Wildman–Crippen LogP) is 5.63. The number of benzene rings is 1. The second kappa shape index (κ2) is 10.8. The molecule has 165 valence electrons. The summed E-state index contributed by atoms with van der Waals surface area (Å²) in [4.78, 5) is 29.9. The molecule has 1 aromatic heterocycles. The Morgan fingerprint density at radius 3 is 2.45 bits per heavy atom. The fraction of sp³-hybridized carbons (Fsp3) is 0.375. The topological polar surface area (TPSA) is 65.5 Å². The van der Waals surface area contributed by atoms with Crippen molar-refractivity contribution < 1.29 is 18.8 Å². The number of halogens is 1. The molecule has 1 aromatic carbocycles. The molecular weight excluding hydrogens is 430 g/mol. The van der Waals surface area contributed by atoms with Crippen molar-refractivity contribution in [3.8, 4) is 0 Å². The number of aromatic nitrogens is 1. The first kappa shape index (κ1) is 25.0. The van der Waals surface area contributed by atoms with Crippen molar-refractivity contribution in [2.45, 2.75) is 52.8 Å². The van der Waals surface area contributed by atoms with Crippen LogP contribution in [0.1, 0.15) is 54.7 Å². The highest BCUT2D eigenvalue weighted by Crippen LogP contribution is 2.30. The number of carbonyl (C=O) groups excluding carboxylic acids is 2. The van der Waals surface area contributed by atoms with Gasteiger partial charge in [-0.3, -0.25) is 4.79 Å². The molecule has 0 fully saturated rings. The highest BCUT2D eigenvalue weighted by molar-refractivity contribution is 6.48. The molecule has 0 bridgehead atoms. The lowest BCUT2D eigenvalue weighted by Gasteiger charge is -2.25. The van der Waals surface area contributed by atoms with Crippen molar-refractivity contribution >= 4 is 38.5 Å². The number of esters is 1. The van der Waals surface area contributed by atoms with Crippen LogP contribution >= 0.6 is 11.6 Å². The maximum absolute atomic E-state index is 13.2. The van der Waals surface area contributed by atoms with Gasteiger partial charge in [-0.2, -0.15) is 0 Å². The Morgan fingerprint density at radius 1 is 1.16 bits per heavy atom. The zero-order chi connectivity index (χ0) is 23.2. The number of pyridine rings is 1. The summed E-state index contributed by atoms with van der Waals surface area (Å²) in [5, 5.41) is 0.0407. The molecule has 1 radical (unpaired) electrons. The van der Waals surface area contributed by atoms with Crippen LogP contribution in [0.5, 0.6) is 0 Å². The fourth-order valence-electron chi connectivity index (χ4n) is 3.10. The van der Waals surface area contributed by atoms with Gasteiger partial charge in [0.05, 0.1) is 18.8 Å². The zero-order valence-electron chi connectivity index (χ0n) is 18.9. The zero-order valence-corrected chi connectivity index (χ0v) is 20.7. The van der Waals surface area contributed by atoms with Gasteiger partial charge >= 0.3 is 5.97 Å². The molecule has 0 saturated carbocycles. The first-order chi connectivity index (χ1) is 14.6. The van der Waals surface area contributed by atoms with Gasteiger partial charge in [-0.25, -0.2) is 9.78 Å². The van der Waals surface area contributed by atoms with E-state index in [4.69, 9.17) is 20.8 Å². The van der Waals surface area contributed by atoms with Crippen LogP contribution in [0.4, 0.5) is 0 Å². The third-order valence-corrected chi connectivity index (χ3v) is 5.59. The molecule has 0 unspecified atom stereocenters. The number of hydrogen-bond donors (Lipinski definition) is 0. The average Bonchev–Trinajstić information content (AvgIpc) is 2.69. The van der Waals surface area contributed by atoms with E-state index in [1.54, 1.807) is 25.1 Å². The minimum atomic E-state index is -0.932. The van der Waals surface area contributed by atoms with Crippen molar-refractivity contribution in [2.75, 3.05) is 6.61 Å². The summed E-state index contributed by atoms with van der Waals surface area (Å²) in [5.74, 6) is -1.23. The van der Waals surface area contributed by atoms with Crippen LogP contribution in [0.3, 0.4) is 0 Å². The number of hydrogen-bond acceptors (Lipinski definition) is 5. The van der Waals surface area contributed by atoms with E-state index < -0.39 is 20.8 Å². The third-order valence-electron chi connectivity index (χ3n) is 4.57. The van der Waals surface area contributed by atoms with Crippen LogP contribution in [0.25, 0.3) is 6.08 Å². The Labute approximate surface area is 191 Å². The van der Waals surface area contributed by atoms with Gasteiger partial charge < -0.3 is 9.16 Å². The number of ether oxygens (including phenoxy) is 1. The quantitative estimate of drug-likeness (QED) is 0.0975. The van der Waals surface area contributed by atoms with Gasteiger partial charge in [0.25, 0.3) is 0 Å². The first-order valence-corrected chi connectivity index (χ1v) is 12.9. The monoisotopic (exact) mass is 458 g/mol. The minimum Gasteiger partial charge on any atom is -0.462 e. The van der Waals surface area contributed by atoms with E-state index in [2.05, 4.69) is 44.9 Å². The molecule has 0 N–H and O–H groups in total. The molecule has 7 heteroatoms. The molecule has 0 aliphatic rings. The summed E-state index contributed by atoms with van der Waals surface area (Å²) in [5.41, 5.74) is 2.71. The molecule has 1 heterocycles. The maximum atomic E-state index is 13.2. The van der Waals surface area contributed by atoms with Crippen LogP contribution in [0.2, 0.25) is 18.2 Å². The molecule has 0 saturated heterocycles. The average molecular weight is 459 g/mol. The largest absolute Gasteiger partial charge is 0.462 e. The van der Waals surface area contributed by atoms with Gasteiger partial charge in [0.2, 0.25) is 14.8 Å². The normalized spacial score (nSPS) is 12.2. The first-order valence-electron chi connectivity index (χ1n) is 10.2. The second-order valence-corrected chi connectivity index (χ2v) is 10.7. The number of ketones is 1. The van der Waals surface area contributed by atoms with Crippen molar-refractivity contribution in [1.29, 1.82) is 0 Å². The van der Waals surface area contributed by atoms with E-state index >= 15 is 0 Å². The fourth-order valence-corrected chi connectivity index (χ4v) is 3.74. The van der Waals surface area contributed by atoms with Gasteiger partial charge in [0.1, 0.15) is 10.7 Å². The molecule has 0 aliphatic heterocycles. The number of nitrogens with zero attached hydrogens (tertiary/aromatic N) is 1. The van der Waals surface area contributed by atoms with Crippen molar-refractivity contribution in [3.63, 3.8) is 0 Å². The highest BCUT2D eigenvalue weighted by atomic mass is 35.5. The molecule has 0 atom stereocenters. The van der Waals surface area contributed by atoms with Crippen molar-refractivity contribution in [1.82, 2.24) is 4.98 Å². The van der Waals surface area contributed by atoms with Gasteiger partial charge in [-0.1, -0.05) is 50.6 Å². The van der Waals surface area contributed by atoms with E-state index in [1.807, 2.05) is 12.1 Å². The second-order valence-electron chi connectivity index (χ2n) is 8.27. The van der Waals surface area contributed by atoms with E-state index in [0.29, 0.717) is 6.61 Å². The summed E-state index contributed by atoms with van der Waals surface area (Å²) in [6.07, 6.45) is 3.07. The predicted molar refractivity (Wildman–Crippen MR) is 126 cm³/mol. The minimum absolute atomic E-state index is 0.0407. The molecule has 2 aromatic rings. The lowest BCUT2D eigenvalue weighted by Crippen LogP contribution is -2.19. The van der Waals surface area contributed by atoms with E-state index in [9.17, 15) is 9.59 Å². The maximum Gasteiger partial charge on any atom is 0.342 e. The van der Waals surface area contributed by atoms with Crippen LogP contribution in [0, 0.1) is 0 Å². The van der Waals surface area contributed by atoms with Crippen LogP contribution in [-0.2, 0) is 26.0 Å². The van der Waals surface area contributed by atoms with Gasteiger partial charge in [-0.15, -0.1) is 0 Å². The van der Waals surface area contributed by atoms with E-state index in [-0.39, 0.29) is 28.3 Å². The molecule has 2 rings (SSSR count). The summed E-state index contributed by atoms with van der Waals surface area (Å²) >= 11 is 6.12. The summed E-state index contributed by atoms with van der Waals surface area (Å²) in [6, 6.07) is 9.00. The standard InChI is InChI=1S/C24H29ClNO4Si/c1-7-29-23(28)18(21(27)17-11-9-13-26-22(17)25)14-16-10-8-12-20(24(2,3)4)19(16)15-30-31(5)6/h8-14H,7,15H2,1-6H3. The molecule has 0 amide bonds. The van der Waals surface area contributed by atoms with Gasteiger partial charge in [0.15, 0.2) is 0 Å². The lowest BCUT2D eigenvalue weighted by molar-refractivity contribution is -0.137. The van der Waals surface area contributed by atoms with Crippen molar-refractivity contribution in [3.05, 3.63) is 69.5 Å². The molecule has 0 aliphatic carbocycles. The Kier molecular flexibility index (Phi) is 8.74. The molecule has 0 spiro atoms. The van der Waals surface area contributed by atoms with Crippen LogP contribution in [-0.4, -0.2) is 32.4 Å². The number of rotatable bonds is 8. The molecule has 5 nitrogen and oxygen atoms in total. The van der Waals surface area contributed by atoms with Gasteiger partial charge in [0, 0.05) is 6.20 Å². The summed E-state index contributed by atoms with van der Waals surface area (Å²) in [7, 11) is -0.932. The third kappa shape index (κ3) is 6.60. The Hall–Kier alpha value is -2.28. The highest BCUT2D eigenvalue weighted by Gasteiger charge is 2.25.